The van der Waals surface area contributed by atoms with Gasteiger partial charge >= 0.3 is 5.97 Å². The number of nitrogens with zero attached hydrogens (tertiary/aromatic N) is 3. The van der Waals surface area contributed by atoms with E-state index in [2.05, 4.69) is 33.5 Å². The molecule has 0 amide bonds. The van der Waals surface area contributed by atoms with E-state index in [0.717, 1.165) is 38.4 Å². The van der Waals surface area contributed by atoms with Gasteiger partial charge < -0.3 is 19.3 Å². The molecule has 1 aromatic heterocycles. The lowest BCUT2D eigenvalue weighted by molar-refractivity contribution is -0.137. The van der Waals surface area contributed by atoms with E-state index in [1.807, 2.05) is 18.6 Å². The van der Waals surface area contributed by atoms with Crippen LogP contribution in [0.15, 0.2) is 36.9 Å². The maximum absolute atomic E-state index is 10.8. The standard InChI is InChI=1S/C21H29N3O3/c1-2-3-4-12-27-18-7-8-20-19(13-18)17(14-23-11-9-22-16-23)15-24(20)10-5-6-21(25)26/h7-9,11,13,16-17H,2-6,10,12,14-15H2,1H3,(H,25,26). The summed E-state index contributed by atoms with van der Waals surface area (Å²) in [5.41, 5.74) is 2.48. The first-order valence-electron chi connectivity index (χ1n) is 9.86. The molecule has 146 valence electrons. The first-order valence-corrected chi connectivity index (χ1v) is 9.86. The maximum atomic E-state index is 10.8. The summed E-state index contributed by atoms with van der Waals surface area (Å²) in [4.78, 5) is 17.3. The molecule has 1 aromatic carbocycles. The number of benzene rings is 1. The van der Waals surface area contributed by atoms with Crippen LogP contribution in [0.5, 0.6) is 5.75 Å². The van der Waals surface area contributed by atoms with E-state index in [1.54, 1.807) is 6.20 Å². The Morgan fingerprint density at radius 1 is 1.33 bits per heavy atom. The molecule has 0 saturated carbocycles. The van der Waals surface area contributed by atoms with Gasteiger partial charge in [-0.15, -0.1) is 0 Å². The molecule has 1 unspecified atom stereocenters. The Kier molecular flexibility index (Phi) is 6.74. The highest BCUT2D eigenvalue weighted by Gasteiger charge is 2.29. The molecule has 1 N–H and O–H groups in total. The minimum Gasteiger partial charge on any atom is -0.494 e. The van der Waals surface area contributed by atoms with Crippen LogP contribution >= 0.6 is 0 Å². The Hall–Kier alpha value is -2.50. The van der Waals surface area contributed by atoms with Crippen molar-refractivity contribution < 1.29 is 14.6 Å². The third-order valence-electron chi connectivity index (χ3n) is 5.05. The average molecular weight is 371 g/mol. The number of carboxylic acids is 1. The number of aromatic nitrogens is 2. The Morgan fingerprint density at radius 3 is 2.96 bits per heavy atom. The fraction of sp³-hybridized carbons (Fsp3) is 0.524. The average Bonchev–Trinajstić information content (AvgIpc) is 3.27. The quantitative estimate of drug-likeness (QED) is 0.606. The van der Waals surface area contributed by atoms with Crippen molar-refractivity contribution in [3.05, 3.63) is 42.5 Å². The van der Waals surface area contributed by atoms with Crippen LogP contribution < -0.4 is 9.64 Å². The molecule has 1 aliphatic heterocycles. The van der Waals surface area contributed by atoms with Gasteiger partial charge in [0.05, 0.1) is 12.9 Å². The monoisotopic (exact) mass is 371 g/mol. The summed E-state index contributed by atoms with van der Waals surface area (Å²) < 4.78 is 8.05. The molecule has 27 heavy (non-hydrogen) atoms. The van der Waals surface area contributed by atoms with Crippen LogP contribution in [0.4, 0.5) is 5.69 Å². The third-order valence-corrected chi connectivity index (χ3v) is 5.05. The van der Waals surface area contributed by atoms with Crippen molar-refractivity contribution in [3.8, 4) is 5.75 Å². The van der Waals surface area contributed by atoms with Crippen LogP contribution in [0.1, 0.15) is 50.5 Å². The zero-order chi connectivity index (χ0) is 19.1. The Bertz CT molecular complexity index is 730. The zero-order valence-corrected chi connectivity index (χ0v) is 16.0. The van der Waals surface area contributed by atoms with E-state index in [-0.39, 0.29) is 6.42 Å². The van der Waals surface area contributed by atoms with Gasteiger partial charge in [0.1, 0.15) is 5.75 Å². The molecule has 0 spiro atoms. The number of aliphatic carboxylic acids is 1. The second kappa shape index (κ2) is 9.44. The predicted octanol–water partition coefficient (Wildman–Crippen LogP) is 3.92. The highest BCUT2D eigenvalue weighted by Crippen LogP contribution is 2.39. The molecule has 6 nitrogen and oxygen atoms in total. The molecule has 1 aliphatic rings. The summed E-state index contributed by atoms with van der Waals surface area (Å²) in [5, 5.41) is 8.92. The van der Waals surface area contributed by atoms with E-state index in [4.69, 9.17) is 9.84 Å². The van der Waals surface area contributed by atoms with Crippen molar-refractivity contribution >= 4 is 11.7 Å². The smallest absolute Gasteiger partial charge is 0.303 e. The van der Waals surface area contributed by atoms with Gasteiger partial charge in [-0.05, 0) is 36.6 Å². The van der Waals surface area contributed by atoms with Crippen molar-refractivity contribution in [1.82, 2.24) is 9.55 Å². The van der Waals surface area contributed by atoms with Gasteiger partial charge in [0.25, 0.3) is 0 Å². The number of fused-ring (bicyclic) bond motifs is 1. The molecular weight excluding hydrogens is 342 g/mol. The topological polar surface area (TPSA) is 67.6 Å². The Morgan fingerprint density at radius 2 is 2.22 bits per heavy atom. The van der Waals surface area contributed by atoms with Crippen molar-refractivity contribution in [2.24, 2.45) is 0 Å². The Balaban J connectivity index is 1.71. The van der Waals surface area contributed by atoms with E-state index in [9.17, 15) is 4.79 Å². The van der Waals surface area contributed by atoms with Crippen molar-refractivity contribution in [2.75, 3.05) is 24.6 Å². The zero-order valence-electron chi connectivity index (χ0n) is 16.0. The molecule has 0 fully saturated rings. The summed E-state index contributed by atoms with van der Waals surface area (Å²) in [6, 6.07) is 6.33. The number of carbonyl (C=O) groups is 1. The number of hydrogen-bond acceptors (Lipinski definition) is 4. The van der Waals surface area contributed by atoms with Crippen LogP contribution in [0.25, 0.3) is 0 Å². The number of anilines is 1. The fourth-order valence-electron chi connectivity index (χ4n) is 3.68. The number of carboxylic acid groups (broad SMARTS) is 1. The van der Waals surface area contributed by atoms with E-state index in [1.165, 1.54) is 24.1 Å². The van der Waals surface area contributed by atoms with Gasteiger partial charge in [-0.3, -0.25) is 4.79 Å². The van der Waals surface area contributed by atoms with E-state index >= 15 is 0 Å². The van der Waals surface area contributed by atoms with Crippen LogP contribution in [0.2, 0.25) is 0 Å². The van der Waals surface area contributed by atoms with Crippen molar-refractivity contribution in [1.29, 1.82) is 0 Å². The third kappa shape index (κ3) is 5.25. The van der Waals surface area contributed by atoms with Gasteiger partial charge in [0.2, 0.25) is 0 Å². The molecule has 6 heteroatoms. The number of hydrogen-bond donors (Lipinski definition) is 1. The minimum absolute atomic E-state index is 0.205. The maximum Gasteiger partial charge on any atom is 0.303 e. The summed E-state index contributed by atoms with van der Waals surface area (Å²) in [6.07, 6.45) is 9.94. The number of ether oxygens (including phenoxy) is 1. The Labute approximate surface area is 160 Å². The lowest BCUT2D eigenvalue weighted by atomic mass is 10.0. The minimum atomic E-state index is -0.736. The summed E-state index contributed by atoms with van der Waals surface area (Å²) >= 11 is 0. The van der Waals surface area contributed by atoms with Gasteiger partial charge in [-0.1, -0.05) is 19.8 Å². The molecule has 1 atom stereocenters. The summed E-state index contributed by atoms with van der Waals surface area (Å²) in [6.45, 7) is 5.46. The lowest BCUT2D eigenvalue weighted by Crippen LogP contribution is -2.24. The normalized spacial score (nSPS) is 15.7. The summed E-state index contributed by atoms with van der Waals surface area (Å²) in [7, 11) is 0. The molecular formula is C21H29N3O3. The molecule has 0 aliphatic carbocycles. The first-order chi connectivity index (χ1) is 13.2. The van der Waals surface area contributed by atoms with E-state index in [0.29, 0.717) is 12.3 Å². The van der Waals surface area contributed by atoms with Crippen LogP contribution in [0.3, 0.4) is 0 Å². The summed E-state index contributed by atoms with van der Waals surface area (Å²) in [5.74, 6) is 0.534. The molecule has 2 aromatic rings. The highest BCUT2D eigenvalue weighted by molar-refractivity contribution is 5.67. The number of imidazole rings is 1. The SMILES string of the molecule is CCCCCOc1ccc2c(c1)C(Cn1ccnc1)CN2CCCC(=O)O. The van der Waals surface area contributed by atoms with E-state index < -0.39 is 5.97 Å². The van der Waals surface area contributed by atoms with Gasteiger partial charge in [0, 0.05) is 50.1 Å². The predicted molar refractivity (Wildman–Crippen MR) is 106 cm³/mol. The number of rotatable bonds is 11. The lowest BCUT2D eigenvalue weighted by Gasteiger charge is -2.19. The molecule has 0 radical (unpaired) electrons. The van der Waals surface area contributed by atoms with Crippen molar-refractivity contribution in [2.45, 2.75) is 51.5 Å². The van der Waals surface area contributed by atoms with Gasteiger partial charge in [-0.2, -0.15) is 0 Å². The molecule has 0 saturated heterocycles. The molecule has 2 heterocycles. The van der Waals surface area contributed by atoms with Crippen LogP contribution in [-0.2, 0) is 11.3 Å². The van der Waals surface area contributed by atoms with Crippen LogP contribution in [0, 0.1) is 0 Å². The highest BCUT2D eigenvalue weighted by atomic mass is 16.5. The van der Waals surface area contributed by atoms with Crippen LogP contribution in [-0.4, -0.2) is 40.3 Å². The first kappa shape index (κ1) is 19.3. The second-order valence-electron chi connectivity index (χ2n) is 7.18. The number of unbranched alkanes of at least 4 members (excludes halogenated alkanes) is 2. The fourth-order valence-corrected chi connectivity index (χ4v) is 3.68. The largest absolute Gasteiger partial charge is 0.494 e. The van der Waals surface area contributed by atoms with Crippen molar-refractivity contribution in [3.63, 3.8) is 0 Å². The van der Waals surface area contributed by atoms with Gasteiger partial charge in [0.15, 0.2) is 0 Å². The van der Waals surface area contributed by atoms with Gasteiger partial charge in [-0.25, -0.2) is 4.98 Å². The second-order valence-corrected chi connectivity index (χ2v) is 7.18. The molecule has 0 bridgehead atoms. The molecule has 3 rings (SSSR count).